The van der Waals surface area contributed by atoms with E-state index in [4.69, 9.17) is 15.2 Å². The van der Waals surface area contributed by atoms with Crippen LogP contribution in [-0.2, 0) is 4.74 Å². The number of rotatable bonds is 10. The molecule has 0 radical (unpaired) electrons. The van der Waals surface area contributed by atoms with Crippen LogP contribution in [-0.4, -0.2) is 26.4 Å². The minimum absolute atomic E-state index is 0.306. The van der Waals surface area contributed by atoms with Gasteiger partial charge in [-0.3, -0.25) is 0 Å². The van der Waals surface area contributed by atoms with Crippen molar-refractivity contribution < 1.29 is 13.9 Å². The van der Waals surface area contributed by atoms with Crippen LogP contribution in [0.1, 0.15) is 25.7 Å². The maximum Gasteiger partial charge on any atom is 0.165 e. The molecule has 0 atom stereocenters. The summed E-state index contributed by atoms with van der Waals surface area (Å²) in [6, 6.07) is 6.42. The summed E-state index contributed by atoms with van der Waals surface area (Å²) in [5, 5.41) is 0. The van der Waals surface area contributed by atoms with Crippen LogP contribution in [0.4, 0.5) is 4.39 Å². The summed E-state index contributed by atoms with van der Waals surface area (Å²) >= 11 is 0. The molecule has 3 nitrogen and oxygen atoms in total. The monoisotopic (exact) mass is 255 g/mol. The Labute approximate surface area is 108 Å². The zero-order chi connectivity index (χ0) is 13.1. The van der Waals surface area contributed by atoms with E-state index in [9.17, 15) is 4.39 Å². The Hall–Kier alpha value is -1.13. The first kappa shape index (κ1) is 14.9. The number of hydrogen-bond acceptors (Lipinski definition) is 3. The van der Waals surface area contributed by atoms with Gasteiger partial charge >= 0.3 is 0 Å². The highest BCUT2D eigenvalue weighted by atomic mass is 19.1. The third-order valence-electron chi connectivity index (χ3n) is 2.52. The maximum absolute atomic E-state index is 13.2. The van der Waals surface area contributed by atoms with Gasteiger partial charge in [-0.2, -0.15) is 0 Å². The molecule has 0 saturated carbocycles. The van der Waals surface area contributed by atoms with Crippen molar-refractivity contribution in [3.63, 3.8) is 0 Å². The molecule has 1 rings (SSSR count). The molecule has 0 saturated heterocycles. The van der Waals surface area contributed by atoms with Crippen LogP contribution in [0.25, 0.3) is 0 Å². The zero-order valence-corrected chi connectivity index (χ0v) is 10.7. The summed E-state index contributed by atoms with van der Waals surface area (Å²) in [5.41, 5.74) is 5.39. The first-order valence-corrected chi connectivity index (χ1v) is 6.49. The van der Waals surface area contributed by atoms with E-state index in [2.05, 4.69) is 0 Å². The molecule has 2 N–H and O–H groups in total. The van der Waals surface area contributed by atoms with Crippen molar-refractivity contribution in [1.82, 2.24) is 0 Å². The molecule has 102 valence electrons. The number of hydrogen-bond donors (Lipinski definition) is 1. The first-order valence-electron chi connectivity index (χ1n) is 6.49. The lowest BCUT2D eigenvalue weighted by atomic mass is 10.2. The van der Waals surface area contributed by atoms with Gasteiger partial charge in [0, 0.05) is 19.6 Å². The molecule has 4 heteroatoms. The smallest absolute Gasteiger partial charge is 0.165 e. The van der Waals surface area contributed by atoms with Crippen molar-refractivity contribution in [3.05, 3.63) is 30.1 Å². The molecule has 0 aliphatic rings. The van der Waals surface area contributed by atoms with Crippen molar-refractivity contribution in [1.29, 1.82) is 0 Å². The van der Waals surface area contributed by atoms with Crippen LogP contribution in [0.5, 0.6) is 5.75 Å². The lowest BCUT2D eigenvalue weighted by molar-refractivity contribution is 0.115. The van der Waals surface area contributed by atoms with E-state index in [1.165, 1.54) is 6.07 Å². The number of ether oxygens (including phenoxy) is 2. The predicted octanol–water partition coefficient (Wildman–Crippen LogP) is 2.74. The molecule has 0 aliphatic carbocycles. The zero-order valence-electron chi connectivity index (χ0n) is 10.7. The largest absolute Gasteiger partial charge is 0.490 e. The van der Waals surface area contributed by atoms with Gasteiger partial charge in [0.2, 0.25) is 0 Å². The van der Waals surface area contributed by atoms with Crippen molar-refractivity contribution in [2.45, 2.75) is 25.7 Å². The number of unbranched alkanes of at least 4 members (excludes halogenated alkanes) is 2. The van der Waals surface area contributed by atoms with E-state index >= 15 is 0 Å². The molecule has 18 heavy (non-hydrogen) atoms. The topological polar surface area (TPSA) is 44.5 Å². The summed E-state index contributed by atoms with van der Waals surface area (Å²) in [4.78, 5) is 0. The molecule has 0 amide bonds. The van der Waals surface area contributed by atoms with Gasteiger partial charge in [0.1, 0.15) is 0 Å². The second kappa shape index (κ2) is 9.85. The van der Waals surface area contributed by atoms with Gasteiger partial charge in [-0.05, 0) is 37.9 Å². The number of nitrogens with two attached hydrogens (primary N) is 1. The maximum atomic E-state index is 13.2. The first-order chi connectivity index (χ1) is 8.84. The van der Waals surface area contributed by atoms with E-state index < -0.39 is 0 Å². The van der Waals surface area contributed by atoms with Crippen molar-refractivity contribution >= 4 is 0 Å². The minimum Gasteiger partial charge on any atom is -0.490 e. The highest BCUT2D eigenvalue weighted by Crippen LogP contribution is 2.15. The third kappa shape index (κ3) is 6.57. The van der Waals surface area contributed by atoms with E-state index in [1.54, 1.807) is 18.2 Å². The molecule has 0 aromatic heterocycles. The fourth-order valence-corrected chi connectivity index (χ4v) is 1.53. The Balaban J connectivity index is 1.94. The van der Waals surface area contributed by atoms with Gasteiger partial charge in [0.15, 0.2) is 11.6 Å². The van der Waals surface area contributed by atoms with Crippen LogP contribution in [0.2, 0.25) is 0 Å². The minimum atomic E-state index is -0.319. The van der Waals surface area contributed by atoms with Crippen LogP contribution in [0.15, 0.2) is 24.3 Å². The standard InChI is InChI=1S/C14H22FNO2/c15-13-7-2-3-8-14(13)18-12-6-11-17-10-5-1-4-9-16/h2-3,7-8H,1,4-6,9-12,16H2. The van der Waals surface area contributed by atoms with Gasteiger partial charge in [-0.25, -0.2) is 4.39 Å². The van der Waals surface area contributed by atoms with Crippen LogP contribution in [0.3, 0.4) is 0 Å². The van der Waals surface area contributed by atoms with E-state index in [0.717, 1.165) is 38.8 Å². The van der Waals surface area contributed by atoms with Gasteiger partial charge in [-0.1, -0.05) is 12.1 Å². The van der Waals surface area contributed by atoms with Crippen molar-refractivity contribution in [2.24, 2.45) is 5.73 Å². The molecule has 0 heterocycles. The summed E-state index contributed by atoms with van der Waals surface area (Å²) in [5.74, 6) is -0.0133. The molecule has 1 aromatic rings. The third-order valence-corrected chi connectivity index (χ3v) is 2.52. The van der Waals surface area contributed by atoms with Gasteiger partial charge in [-0.15, -0.1) is 0 Å². The normalized spacial score (nSPS) is 10.6. The molecule has 0 unspecified atom stereocenters. The Bertz CT molecular complexity index is 320. The van der Waals surface area contributed by atoms with Crippen LogP contribution >= 0.6 is 0 Å². The average molecular weight is 255 g/mol. The van der Waals surface area contributed by atoms with E-state index in [0.29, 0.717) is 19.0 Å². The molecular formula is C14H22FNO2. The highest BCUT2D eigenvalue weighted by Gasteiger charge is 2.00. The molecule has 0 spiro atoms. The van der Waals surface area contributed by atoms with Crippen molar-refractivity contribution in [3.8, 4) is 5.75 Å². The average Bonchev–Trinajstić information content (AvgIpc) is 2.39. The fraction of sp³-hybridized carbons (Fsp3) is 0.571. The molecule has 0 aliphatic heterocycles. The Kier molecular flexibility index (Phi) is 8.17. The lowest BCUT2D eigenvalue weighted by Crippen LogP contribution is -2.05. The summed E-state index contributed by atoms with van der Waals surface area (Å²) in [6.07, 6.45) is 3.98. The second-order valence-corrected chi connectivity index (χ2v) is 4.09. The highest BCUT2D eigenvalue weighted by molar-refractivity contribution is 5.23. The number of halogens is 1. The quantitative estimate of drug-likeness (QED) is 0.654. The fourth-order valence-electron chi connectivity index (χ4n) is 1.53. The molecule has 1 aromatic carbocycles. The Morgan fingerprint density at radius 3 is 2.50 bits per heavy atom. The van der Waals surface area contributed by atoms with Gasteiger partial charge in [0.05, 0.1) is 6.61 Å². The molecule has 0 fully saturated rings. The van der Waals surface area contributed by atoms with Crippen LogP contribution in [0, 0.1) is 5.82 Å². The summed E-state index contributed by atoms with van der Waals surface area (Å²) in [6.45, 7) is 2.64. The Morgan fingerprint density at radius 2 is 1.72 bits per heavy atom. The van der Waals surface area contributed by atoms with Crippen LogP contribution < -0.4 is 10.5 Å². The predicted molar refractivity (Wildman–Crippen MR) is 70.2 cm³/mol. The van der Waals surface area contributed by atoms with Gasteiger partial charge < -0.3 is 15.2 Å². The SMILES string of the molecule is NCCCCCOCCCOc1ccccc1F. The summed E-state index contributed by atoms with van der Waals surface area (Å²) in [7, 11) is 0. The van der Waals surface area contributed by atoms with Crippen molar-refractivity contribution in [2.75, 3.05) is 26.4 Å². The number of para-hydroxylation sites is 1. The van der Waals surface area contributed by atoms with E-state index in [1.807, 2.05) is 0 Å². The summed E-state index contributed by atoms with van der Waals surface area (Å²) < 4.78 is 23.9. The van der Waals surface area contributed by atoms with E-state index in [-0.39, 0.29) is 5.82 Å². The Morgan fingerprint density at radius 1 is 0.944 bits per heavy atom. The number of benzene rings is 1. The molecule has 0 bridgehead atoms. The lowest BCUT2D eigenvalue weighted by Gasteiger charge is -2.07. The molecular weight excluding hydrogens is 233 g/mol. The van der Waals surface area contributed by atoms with Gasteiger partial charge in [0.25, 0.3) is 0 Å². The second-order valence-electron chi connectivity index (χ2n) is 4.09.